The van der Waals surface area contributed by atoms with Gasteiger partial charge >= 0.3 is 0 Å². The topological polar surface area (TPSA) is 55.0 Å². The van der Waals surface area contributed by atoms with Crippen LogP contribution in [0.3, 0.4) is 0 Å². The van der Waals surface area contributed by atoms with E-state index >= 15 is 0 Å². The Labute approximate surface area is 187 Å². The van der Waals surface area contributed by atoms with E-state index in [0.29, 0.717) is 0 Å². The number of hydrogen-bond acceptors (Lipinski definition) is 4. The van der Waals surface area contributed by atoms with Gasteiger partial charge in [-0.1, -0.05) is 36.4 Å². The molecule has 0 bridgehead atoms. The first-order valence-electron chi connectivity index (χ1n) is 10.5. The Morgan fingerprint density at radius 2 is 0.875 bits per heavy atom. The molecule has 4 heteroatoms. The van der Waals surface area contributed by atoms with Gasteiger partial charge in [-0.3, -0.25) is 9.97 Å². The average molecular weight is 415 g/mol. The standard InChI is InChI=1S/C28H22N4/c29-23-11-17-26(18-12-23)32(24-13-7-21(8-14-24)27-5-1-3-19-30-27)25-15-9-22(10-16-25)28-6-2-4-20-31-28/h1-20H,29H2. The minimum Gasteiger partial charge on any atom is -0.399 e. The summed E-state index contributed by atoms with van der Waals surface area (Å²) in [7, 11) is 0. The molecule has 0 fully saturated rings. The first kappa shape index (κ1) is 19.5. The fourth-order valence-electron chi connectivity index (χ4n) is 3.70. The quantitative estimate of drug-likeness (QED) is 0.319. The SMILES string of the molecule is Nc1ccc(N(c2ccc(-c3ccccn3)cc2)c2ccc(-c3ccccn3)cc2)cc1. The van der Waals surface area contributed by atoms with Crippen LogP contribution in [0.25, 0.3) is 22.5 Å². The third kappa shape index (κ3) is 4.07. The molecule has 0 amide bonds. The lowest BCUT2D eigenvalue weighted by atomic mass is 10.1. The van der Waals surface area contributed by atoms with Crippen molar-refractivity contribution in [1.82, 2.24) is 9.97 Å². The van der Waals surface area contributed by atoms with Gasteiger partial charge in [-0.15, -0.1) is 0 Å². The number of pyridine rings is 2. The maximum atomic E-state index is 5.94. The van der Waals surface area contributed by atoms with Gasteiger partial charge in [-0.2, -0.15) is 0 Å². The number of rotatable bonds is 5. The van der Waals surface area contributed by atoms with Gasteiger partial charge in [-0.05, 0) is 72.8 Å². The summed E-state index contributed by atoms with van der Waals surface area (Å²) in [5, 5.41) is 0. The number of benzene rings is 3. The molecule has 32 heavy (non-hydrogen) atoms. The zero-order chi connectivity index (χ0) is 21.8. The zero-order valence-corrected chi connectivity index (χ0v) is 17.5. The highest BCUT2D eigenvalue weighted by atomic mass is 15.1. The van der Waals surface area contributed by atoms with Gasteiger partial charge in [0.15, 0.2) is 0 Å². The first-order valence-corrected chi connectivity index (χ1v) is 10.5. The lowest BCUT2D eigenvalue weighted by Gasteiger charge is -2.26. The lowest BCUT2D eigenvalue weighted by molar-refractivity contribution is 1.27. The smallest absolute Gasteiger partial charge is 0.0701 e. The Bertz CT molecular complexity index is 1200. The van der Waals surface area contributed by atoms with Crippen molar-refractivity contribution < 1.29 is 0 Å². The second-order valence-electron chi connectivity index (χ2n) is 7.45. The van der Waals surface area contributed by atoms with Crippen LogP contribution in [-0.2, 0) is 0 Å². The summed E-state index contributed by atoms with van der Waals surface area (Å²) >= 11 is 0. The number of anilines is 4. The van der Waals surface area contributed by atoms with Gasteiger partial charge in [0.05, 0.1) is 11.4 Å². The minimum atomic E-state index is 0.740. The van der Waals surface area contributed by atoms with Crippen molar-refractivity contribution in [1.29, 1.82) is 0 Å². The Morgan fingerprint density at radius 1 is 0.469 bits per heavy atom. The van der Waals surface area contributed by atoms with Crippen molar-refractivity contribution in [3.63, 3.8) is 0 Å². The van der Waals surface area contributed by atoms with Crippen LogP contribution in [0.4, 0.5) is 22.7 Å². The molecule has 0 saturated carbocycles. The molecule has 0 aliphatic rings. The summed E-state index contributed by atoms with van der Waals surface area (Å²) in [5.74, 6) is 0. The van der Waals surface area contributed by atoms with Gasteiger partial charge in [0.25, 0.3) is 0 Å². The molecule has 3 aromatic carbocycles. The van der Waals surface area contributed by atoms with Gasteiger partial charge < -0.3 is 10.6 Å². The zero-order valence-electron chi connectivity index (χ0n) is 17.5. The van der Waals surface area contributed by atoms with Gasteiger partial charge in [-0.25, -0.2) is 0 Å². The molecule has 154 valence electrons. The van der Waals surface area contributed by atoms with Crippen LogP contribution in [0.5, 0.6) is 0 Å². The van der Waals surface area contributed by atoms with Crippen LogP contribution >= 0.6 is 0 Å². The highest BCUT2D eigenvalue weighted by molar-refractivity contribution is 5.79. The summed E-state index contributed by atoms with van der Waals surface area (Å²) in [4.78, 5) is 11.1. The third-order valence-corrected chi connectivity index (χ3v) is 5.32. The number of nitrogens with zero attached hydrogens (tertiary/aromatic N) is 3. The molecule has 0 spiro atoms. The van der Waals surface area contributed by atoms with E-state index in [1.54, 1.807) is 0 Å². The lowest BCUT2D eigenvalue weighted by Crippen LogP contribution is -2.10. The molecule has 0 atom stereocenters. The molecular formula is C28H22N4. The Morgan fingerprint density at radius 3 is 1.25 bits per heavy atom. The molecule has 2 N–H and O–H groups in total. The van der Waals surface area contributed by atoms with Crippen molar-refractivity contribution in [2.45, 2.75) is 0 Å². The van der Waals surface area contributed by atoms with E-state index in [-0.39, 0.29) is 0 Å². The van der Waals surface area contributed by atoms with Gasteiger partial charge in [0.2, 0.25) is 0 Å². The van der Waals surface area contributed by atoms with Crippen LogP contribution in [0.1, 0.15) is 0 Å². The molecule has 0 aliphatic heterocycles. The predicted octanol–water partition coefficient (Wildman–Crippen LogP) is 6.86. The Balaban J connectivity index is 1.53. The largest absolute Gasteiger partial charge is 0.399 e. The second-order valence-corrected chi connectivity index (χ2v) is 7.45. The molecular weight excluding hydrogens is 392 g/mol. The Kier molecular flexibility index (Phi) is 5.33. The summed E-state index contributed by atoms with van der Waals surface area (Å²) in [6.07, 6.45) is 3.63. The number of nitrogen functional groups attached to an aromatic ring is 1. The average Bonchev–Trinajstić information content (AvgIpc) is 2.87. The second kappa shape index (κ2) is 8.74. The van der Waals surface area contributed by atoms with Crippen LogP contribution in [-0.4, -0.2) is 9.97 Å². The summed E-state index contributed by atoms with van der Waals surface area (Å²) in [6, 6.07) is 36.7. The third-order valence-electron chi connectivity index (χ3n) is 5.32. The highest BCUT2D eigenvalue weighted by Gasteiger charge is 2.13. The van der Waals surface area contributed by atoms with Crippen LogP contribution < -0.4 is 10.6 Å². The summed E-state index contributed by atoms with van der Waals surface area (Å²) in [5.41, 5.74) is 13.9. The van der Waals surface area contributed by atoms with Gasteiger partial charge in [0.1, 0.15) is 0 Å². The van der Waals surface area contributed by atoms with E-state index in [1.165, 1.54) is 0 Å². The van der Waals surface area contributed by atoms with Crippen molar-refractivity contribution in [3.8, 4) is 22.5 Å². The van der Waals surface area contributed by atoms with E-state index in [4.69, 9.17) is 5.73 Å². The molecule has 4 nitrogen and oxygen atoms in total. The van der Waals surface area contributed by atoms with E-state index < -0.39 is 0 Å². The molecule has 2 aromatic heterocycles. The maximum Gasteiger partial charge on any atom is 0.0701 e. The van der Waals surface area contributed by atoms with Crippen LogP contribution in [0.2, 0.25) is 0 Å². The van der Waals surface area contributed by atoms with E-state index in [9.17, 15) is 0 Å². The van der Waals surface area contributed by atoms with Gasteiger partial charge in [0, 0.05) is 46.3 Å². The fourth-order valence-corrected chi connectivity index (χ4v) is 3.70. The number of aromatic nitrogens is 2. The van der Waals surface area contributed by atoms with E-state index in [0.717, 1.165) is 45.3 Å². The normalized spacial score (nSPS) is 10.6. The van der Waals surface area contributed by atoms with Crippen molar-refractivity contribution in [2.75, 3.05) is 10.6 Å². The highest BCUT2D eigenvalue weighted by Crippen LogP contribution is 2.36. The minimum absolute atomic E-state index is 0.740. The molecule has 5 aromatic rings. The van der Waals surface area contributed by atoms with Crippen LogP contribution in [0.15, 0.2) is 122 Å². The monoisotopic (exact) mass is 414 g/mol. The fraction of sp³-hybridized carbons (Fsp3) is 0. The molecule has 0 unspecified atom stereocenters. The first-order chi connectivity index (χ1) is 15.8. The van der Waals surface area contributed by atoms with Crippen LogP contribution in [0, 0.1) is 0 Å². The summed E-state index contributed by atoms with van der Waals surface area (Å²) < 4.78 is 0. The molecule has 5 rings (SSSR count). The predicted molar refractivity (Wildman–Crippen MR) is 132 cm³/mol. The number of hydrogen-bond donors (Lipinski definition) is 1. The van der Waals surface area contributed by atoms with E-state index in [2.05, 4.69) is 63.4 Å². The maximum absolute atomic E-state index is 5.94. The molecule has 0 aliphatic carbocycles. The van der Waals surface area contributed by atoms with Crippen molar-refractivity contribution in [3.05, 3.63) is 122 Å². The molecule has 2 heterocycles. The number of nitrogens with two attached hydrogens (primary N) is 1. The Hall–Kier alpha value is -4.44. The van der Waals surface area contributed by atoms with Crippen molar-refractivity contribution >= 4 is 22.7 Å². The molecule has 0 saturated heterocycles. The van der Waals surface area contributed by atoms with Crippen molar-refractivity contribution in [2.24, 2.45) is 0 Å². The summed E-state index contributed by atoms with van der Waals surface area (Å²) in [6.45, 7) is 0. The molecule has 0 radical (unpaired) electrons. The van der Waals surface area contributed by atoms with E-state index in [1.807, 2.05) is 73.1 Å².